The van der Waals surface area contributed by atoms with E-state index in [-0.39, 0.29) is 17.6 Å². The number of carbonyl (C=O) groups is 2. The van der Waals surface area contributed by atoms with E-state index < -0.39 is 0 Å². The lowest BCUT2D eigenvalue weighted by molar-refractivity contribution is -0.119. The summed E-state index contributed by atoms with van der Waals surface area (Å²) in [5.41, 5.74) is 4.80. The molecule has 2 aliphatic rings. The summed E-state index contributed by atoms with van der Waals surface area (Å²) in [5, 5.41) is 0. The predicted molar refractivity (Wildman–Crippen MR) is 110 cm³/mol. The van der Waals surface area contributed by atoms with Crippen molar-refractivity contribution in [3.63, 3.8) is 0 Å². The zero-order valence-electron chi connectivity index (χ0n) is 15.7. The van der Waals surface area contributed by atoms with E-state index in [2.05, 4.69) is 24.3 Å². The number of benzene rings is 2. The molecular weight excluding hydrogens is 354 g/mol. The first-order valence-electron chi connectivity index (χ1n) is 9.38. The molecule has 1 unspecified atom stereocenters. The Bertz CT molecular complexity index is 930. The van der Waals surface area contributed by atoms with E-state index in [1.807, 2.05) is 37.4 Å². The molecule has 4 heteroatoms. The van der Waals surface area contributed by atoms with Gasteiger partial charge in [-0.3, -0.25) is 14.5 Å². The molecule has 0 saturated heterocycles. The zero-order valence-corrected chi connectivity index (χ0v) is 16.5. The number of rotatable bonds is 3. The highest BCUT2D eigenvalue weighted by Crippen LogP contribution is 2.43. The number of aryl methyl sites for hydroxylation is 1. The summed E-state index contributed by atoms with van der Waals surface area (Å²) < 4.78 is 0. The van der Waals surface area contributed by atoms with E-state index >= 15 is 0 Å². The van der Waals surface area contributed by atoms with Crippen molar-refractivity contribution in [1.82, 2.24) is 0 Å². The SMILES string of the molecule is CSc1ccc(C2CC(=O)N(c3cccc(C)c3)C3=C2C(=O)CCC3)cc1. The van der Waals surface area contributed by atoms with Gasteiger partial charge in [0.2, 0.25) is 5.91 Å². The number of carbonyl (C=O) groups excluding carboxylic acids is 2. The normalized spacial score (nSPS) is 20.1. The van der Waals surface area contributed by atoms with Crippen molar-refractivity contribution in [1.29, 1.82) is 0 Å². The number of thioether (sulfide) groups is 1. The first kappa shape index (κ1) is 18.1. The van der Waals surface area contributed by atoms with Gasteiger partial charge >= 0.3 is 0 Å². The molecule has 1 aliphatic heterocycles. The summed E-state index contributed by atoms with van der Waals surface area (Å²) in [6.07, 6.45) is 4.56. The standard InChI is InChI=1S/C23H23NO2S/c1-15-5-3-6-17(13-15)24-20-7-4-8-21(25)23(20)19(14-22(24)26)16-9-11-18(27-2)12-10-16/h3,5-6,9-13,19H,4,7-8,14H2,1-2H3. The van der Waals surface area contributed by atoms with Crippen LogP contribution in [0.2, 0.25) is 0 Å². The van der Waals surface area contributed by atoms with Crippen molar-refractivity contribution in [2.45, 2.75) is 43.4 Å². The van der Waals surface area contributed by atoms with Crippen molar-refractivity contribution in [3.8, 4) is 0 Å². The van der Waals surface area contributed by atoms with Crippen LogP contribution < -0.4 is 4.90 Å². The number of anilines is 1. The second-order valence-electron chi connectivity index (χ2n) is 7.24. The molecule has 1 atom stereocenters. The van der Waals surface area contributed by atoms with Gasteiger partial charge in [0.15, 0.2) is 5.78 Å². The fraction of sp³-hybridized carbons (Fsp3) is 0.304. The average molecular weight is 378 g/mol. The Morgan fingerprint density at radius 2 is 1.81 bits per heavy atom. The number of Topliss-reactive ketones (excluding diaryl/α,β-unsaturated/α-hetero) is 1. The molecule has 4 rings (SSSR count). The highest BCUT2D eigenvalue weighted by molar-refractivity contribution is 7.98. The summed E-state index contributed by atoms with van der Waals surface area (Å²) in [7, 11) is 0. The van der Waals surface area contributed by atoms with Crippen molar-refractivity contribution >= 4 is 29.1 Å². The molecule has 0 spiro atoms. The summed E-state index contributed by atoms with van der Waals surface area (Å²) in [5.74, 6) is 0.144. The number of ketones is 1. The maximum absolute atomic E-state index is 13.2. The third-order valence-electron chi connectivity index (χ3n) is 5.45. The van der Waals surface area contributed by atoms with E-state index in [0.717, 1.165) is 40.9 Å². The third-order valence-corrected chi connectivity index (χ3v) is 6.20. The molecule has 0 fully saturated rings. The van der Waals surface area contributed by atoms with Gasteiger partial charge in [-0.15, -0.1) is 11.8 Å². The van der Waals surface area contributed by atoms with Crippen molar-refractivity contribution in [3.05, 3.63) is 70.9 Å². The minimum absolute atomic E-state index is 0.0768. The highest BCUT2D eigenvalue weighted by atomic mass is 32.2. The van der Waals surface area contributed by atoms with Gasteiger partial charge in [-0.1, -0.05) is 24.3 Å². The molecule has 0 radical (unpaired) electrons. The number of hydrogen-bond acceptors (Lipinski definition) is 3. The van der Waals surface area contributed by atoms with Crippen LogP contribution in [0.4, 0.5) is 5.69 Å². The van der Waals surface area contributed by atoms with Gasteiger partial charge in [-0.2, -0.15) is 0 Å². The Labute approximate surface area is 164 Å². The molecule has 0 aromatic heterocycles. The van der Waals surface area contributed by atoms with Gasteiger partial charge in [0.1, 0.15) is 0 Å². The van der Waals surface area contributed by atoms with Crippen LogP contribution in [0.5, 0.6) is 0 Å². The molecule has 0 saturated carbocycles. The van der Waals surface area contributed by atoms with Gasteiger partial charge in [-0.25, -0.2) is 0 Å². The summed E-state index contributed by atoms with van der Waals surface area (Å²) in [6, 6.07) is 16.3. The molecule has 2 aromatic rings. The summed E-state index contributed by atoms with van der Waals surface area (Å²) in [6.45, 7) is 2.02. The predicted octanol–water partition coefficient (Wildman–Crippen LogP) is 5.24. The fourth-order valence-corrected chi connectivity index (χ4v) is 4.59. The Morgan fingerprint density at radius 3 is 2.52 bits per heavy atom. The Hall–Kier alpha value is -2.33. The van der Waals surface area contributed by atoms with Crippen LogP contribution >= 0.6 is 11.8 Å². The van der Waals surface area contributed by atoms with Crippen LogP contribution in [0.3, 0.4) is 0 Å². The molecule has 0 bridgehead atoms. The highest BCUT2D eigenvalue weighted by Gasteiger charge is 2.39. The Kier molecular flexibility index (Phi) is 4.92. The Balaban J connectivity index is 1.82. The molecular formula is C23H23NO2S. The Morgan fingerprint density at radius 1 is 1.04 bits per heavy atom. The van der Waals surface area contributed by atoms with E-state index in [1.54, 1.807) is 16.7 Å². The van der Waals surface area contributed by atoms with Gasteiger partial charge in [0, 0.05) is 40.6 Å². The number of amides is 1. The topological polar surface area (TPSA) is 37.4 Å². The summed E-state index contributed by atoms with van der Waals surface area (Å²) >= 11 is 1.69. The van der Waals surface area contributed by atoms with E-state index in [4.69, 9.17) is 0 Å². The van der Waals surface area contributed by atoms with Gasteiger partial charge in [0.05, 0.1) is 0 Å². The summed E-state index contributed by atoms with van der Waals surface area (Å²) in [4.78, 5) is 29.0. The lowest BCUT2D eigenvalue weighted by Gasteiger charge is -2.38. The molecule has 1 amide bonds. The minimum atomic E-state index is -0.128. The fourth-order valence-electron chi connectivity index (χ4n) is 4.18. The van der Waals surface area contributed by atoms with E-state index in [9.17, 15) is 9.59 Å². The van der Waals surface area contributed by atoms with Gasteiger partial charge in [-0.05, 0) is 61.4 Å². The molecule has 138 valence electrons. The lowest BCUT2D eigenvalue weighted by Crippen LogP contribution is -2.40. The second kappa shape index (κ2) is 7.35. The van der Waals surface area contributed by atoms with Crippen molar-refractivity contribution in [2.75, 3.05) is 11.2 Å². The van der Waals surface area contributed by atoms with Crippen LogP contribution in [0.15, 0.2) is 64.7 Å². The number of nitrogens with zero attached hydrogens (tertiary/aromatic N) is 1. The maximum atomic E-state index is 13.2. The lowest BCUT2D eigenvalue weighted by atomic mass is 9.77. The molecule has 1 aliphatic carbocycles. The largest absolute Gasteiger partial charge is 0.294 e. The van der Waals surface area contributed by atoms with Gasteiger partial charge < -0.3 is 0 Å². The van der Waals surface area contributed by atoms with Crippen LogP contribution in [0.1, 0.15) is 42.7 Å². The monoisotopic (exact) mass is 377 g/mol. The number of hydrogen-bond donors (Lipinski definition) is 0. The first-order valence-corrected chi connectivity index (χ1v) is 10.6. The molecule has 1 heterocycles. The van der Waals surface area contributed by atoms with E-state index in [0.29, 0.717) is 12.8 Å². The third kappa shape index (κ3) is 3.34. The van der Waals surface area contributed by atoms with Crippen LogP contribution in [0, 0.1) is 6.92 Å². The second-order valence-corrected chi connectivity index (χ2v) is 8.11. The van der Waals surface area contributed by atoms with Crippen LogP contribution in [-0.2, 0) is 9.59 Å². The first-order chi connectivity index (χ1) is 13.1. The maximum Gasteiger partial charge on any atom is 0.232 e. The van der Waals surface area contributed by atoms with Crippen LogP contribution in [0.25, 0.3) is 0 Å². The zero-order chi connectivity index (χ0) is 19.0. The molecule has 3 nitrogen and oxygen atoms in total. The van der Waals surface area contributed by atoms with Crippen molar-refractivity contribution < 1.29 is 9.59 Å². The molecule has 27 heavy (non-hydrogen) atoms. The molecule has 2 aromatic carbocycles. The van der Waals surface area contributed by atoms with E-state index in [1.165, 1.54) is 4.90 Å². The van der Waals surface area contributed by atoms with Crippen LogP contribution in [-0.4, -0.2) is 17.9 Å². The van der Waals surface area contributed by atoms with Crippen molar-refractivity contribution in [2.24, 2.45) is 0 Å². The molecule has 0 N–H and O–H groups in total. The van der Waals surface area contributed by atoms with Gasteiger partial charge in [0.25, 0.3) is 0 Å². The average Bonchev–Trinajstić information content (AvgIpc) is 2.67. The minimum Gasteiger partial charge on any atom is -0.294 e. The number of allylic oxidation sites excluding steroid dienone is 2. The smallest absolute Gasteiger partial charge is 0.232 e. The quantitative estimate of drug-likeness (QED) is 0.686.